The number of pyridine rings is 1. The molecule has 2 nitrogen and oxygen atoms in total. The van der Waals surface area contributed by atoms with Crippen LogP contribution in [0.25, 0.3) is 0 Å². The summed E-state index contributed by atoms with van der Waals surface area (Å²) in [6, 6.07) is 6.67. The van der Waals surface area contributed by atoms with Crippen LogP contribution in [0.15, 0.2) is 28.2 Å². The predicted octanol–water partition coefficient (Wildman–Crippen LogP) is 4.03. The number of hydrogen-bond acceptors (Lipinski definition) is 3. The minimum absolute atomic E-state index is 0.327. The first kappa shape index (κ1) is 13.7. The molecule has 0 fully saturated rings. The topological polar surface area (TPSA) is 24.9 Å². The number of thiophene rings is 1. The van der Waals surface area contributed by atoms with Crippen molar-refractivity contribution >= 4 is 27.3 Å². The highest BCUT2D eigenvalue weighted by Crippen LogP contribution is 2.32. The van der Waals surface area contributed by atoms with Gasteiger partial charge in [-0.2, -0.15) is 0 Å². The molecule has 2 aromatic heterocycles. The van der Waals surface area contributed by atoms with Crippen LogP contribution in [-0.4, -0.2) is 12.0 Å². The van der Waals surface area contributed by atoms with Crippen LogP contribution in [0.2, 0.25) is 0 Å². The van der Waals surface area contributed by atoms with E-state index in [-0.39, 0.29) is 0 Å². The second-order valence-corrected chi connectivity index (χ2v) is 6.82. The summed E-state index contributed by atoms with van der Waals surface area (Å²) >= 11 is 5.39. The highest BCUT2D eigenvalue weighted by molar-refractivity contribution is 9.11. The molecule has 0 spiro atoms. The van der Waals surface area contributed by atoms with Gasteiger partial charge in [-0.05, 0) is 60.1 Å². The number of rotatable bonds is 4. The van der Waals surface area contributed by atoms with Crippen molar-refractivity contribution in [1.29, 1.82) is 0 Å². The molecule has 2 heterocycles. The monoisotopic (exact) mass is 324 g/mol. The van der Waals surface area contributed by atoms with E-state index in [1.807, 2.05) is 19.3 Å². The summed E-state index contributed by atoms with van der Waals surface area (Å²) in [5.74, 6) is 0. The molecule has 0 saturated carbocycles. The fourth-order valence-corrected chi connectivity index (χ4v) is 3.61. The summed E-state index contributed by atoms with van der Waals surface area (Å²) in [4.78, 5) is 5.83. The number of aryl methyl sites for hydroxylation is 2. The van der Waals surface area contributed by atoms with Crippen LogP contribution in [0.1, 0.15) is 27.7 Å². The molecule has 0 saturated heterocycles. The average Bonchev–Trinajstić information content (AvgIpc) is 2.68. The molecule has 0 aliphatic rings. The highest BCUT2D eigenvalue weighted by atomic mass is 79.9. The molecular weight excluding hydrogens is 308 g/mol. The maximum Gasteiger partial charge on any atom is 0.0731 e. The van der Waals surface area contributed by atoms with E-state index < -0.39 is 0 Å². The average molecular weight is 325 g/mol. The van der Waals surface area contributed by atoms with Gasteiger partial charge in [-0.15, -0.1) is 11.3 Å². The lowest BCUT2D eigenvalue weighted by atomic mass is 10.1. The first-order valence-corrected chi connectivity index (χ1v) is 7.56. The Morgan fingerprint density at radius 1 is 1.39 bits per heavy atom. The quantitative estimate of drug-likeness (QED) is 0.918. The van der Waals surface area contributed by atoms with Crippen LogP contribution in [0, 0.1) is 13.8 Å². The molecule has 2 aromatic rings. The van der Waals surface area contributed by atoms with E-state index in [0.717, 1.165) is 6.42 Å². The summed E-state index contributed by atoms with van der Waals surface area (Å²) in [6.07, 6.45) is 2.79. The van der Waals surface area contributed by atoms with Crippen molar-refractivity contribution in [3.63, 3.8) is 0 Å². The zero-order valence-corrected chi connectivity index (χ0v) is 13.2. The van der Waals surface area contributed by atoms with Crippen molar-refractivity contribution in [2.45, 2.75) is 26.3 Å². The smallest absolute Gasteiger partial charge is 0.0731 e. The van der Waals surface area contributed by atoms with Gasteiger partial charge >= 0.3 is 0 Å². The van der Waals surface area contributed by atoms with E-state index in [9.17, 15) is 0 Å². The molecule has 4 heteroatoms. The Kier molecular flexibility index (Phi) is 4.54. The standard InChI is InChI=1S/C14H17BrN2S/c1-9-5-4-6-17-11(9)8-12(16-3)13-7-10(2)14(15)18-13/h4-7,12,16H,8H2,1-3H3. The first-order valence-electron chi connectivity index (χ1n) is 5.95. The minimum Gasteiger partial charge on any atom is -0.312 e. The Morgan fingerprint density at radius 2 is 2.17 bits per heavy atom. The maximum absolute atomic E-state index is 4.47. The Morgan fingerprint density at radius 3 is 2.72 bits per heavy atom. The second kappa shape index (κ2) is 5.95. The summed E-state index contributed by atoms with van der Waals surface area (Å²) in [7, 11) is 2.01. The molecule has 0 aliphatic heterocycles. The zero-order valence-electron chi connectivity index (χ0n) is 10.8. The Balaban J connectivity index is 2.22. The Labute approximate surface area is 121 Å². The lowest BCUT2D eigenvalue weighted by molar-refractivity contribution is 0.592. The molecule has 1 atom stereocenters. The lowest BCUT2D eigenvalue weighted by Crippen LogP contribution is -2.18. The molecule has 0 amide bonds. The van der Waals surface area contributed by atoms with Gasteiger partial charge in [0.1, 0.15) is 0 Å². The summed E-state index contributed by atoms with van der Waals surface area (Å²) in [5, 5.41) is 3.38. The summed E-state index contributed by atoms with van der Waals surface area (Å²) in [5.41, 5.74) is 3.72. The van der Waals surface area contributed by atoms with E-state index in [1.54, 1.807) is 11.3 Å². The van der Waals surface area contributed by atoms with Crippen molar-refractivity contribution in [3.8, 4) is 0 Å². The van der Waals surface area contributed by atoms with Crippen LogP contribution in [-0.2, 0) is 6.42 Å². The molecule has 1 unspecified atom stereocenters. The van der Waals surface area contributed by atoms with Crippen LogP contribution in [0.3, 0.4) is 0 Å². The summed E-state index contributed by atoms with van der Waals surface area (Å²) < 4.78 is 1.22. The van der Waals surface area contributed by atoms with Crippen molar-refractivity contribution in [1.82, 2.24) is 10.3 Å². The van der Waals surface area contributed by atoms with Crippen LogP contribution < -0.4 is 5.32 Å². The van der Waals surface area contributed by atoms with E-state index >= 15 is 0 Å². The van der Waals surface area contributed by atoms with Gasteiger partial charge in [0.15, 0.2) is 0 Å². The van der Waals surface area contributed by atoms with Gasteiger partial charge < -0.3 is 5.32 Å². The van der Waals surface area contributed by atoms with E-state index in [1.165, 1.54) is 25.5 Å². The van der Waals surface area contributed by atoms with Gasteiger partial charge in [0.05, 0.1) is 3.79 Å². The number of nitrogens with one attached hydrogen (secondary N) is 1. The van der Waals surface area contributed by atoms with Gasteiger partial charge in [-0.25, -0.2) is 0 Å². The van der Waals surface area contributed by atoms with Crippen molar-refractivity contribution in [3.05, 3.63) is 49.9 Å². The van der Waals surface area contributed by atoms with Crippen LogP contribution in [0.4, 0.5) is 0 Å². The third kappa shape index (κ3) is 2.99. The van der Waals surface area contributed by atoms with E-state index in [0.29, 0.717) is 6.04 Å². The molecule has 96 valence electrons. The number of aromatic nitrogens is 1. The number of likely N-dealkylation sites (N-methyl/N-ethyl adjacent to an activating group) is 1. The van der Waals surface area contributed by atoms with Crippen molar-refractivity contribution in [2.75, 3.05) is 7.05 Å². The summed E-state index contributed by atoms with van der Waals surface area (Å²) in [6.45, 7) is 4.24. The molecule has 0 radical (unpaired) electrons. The molecule has 0 bridgehead atoms. The second-order valence-electron chi connectivity index (χ2n) is 4.42. The van der Waals surface area contributed by atoms with E-state index in [2.05, 4.69) is 52.2 Å². The molecule has 18 heavy (non-hydrogen) atoms. The molecule has 2 rings (SSSR count). The largest absolute Gasteiger partial charge is 0.312 e. The zero-order chi connectivity index (χ0) is 13.1. The van der Waals surface area contributed by atoms with E-state index in [4.69, 9.17) is 0 Å². The Hall–Kier alpha value is -0.710. The first-order chi connectivity index (χ1) is 8.61. The highest BCUT2D eigenvalue weighted by Gasteiger charge is 2.15. The van der Waals surface area contributed by atoms with Crippen molar-refractivity contribution in [2.24, 2.45) is 0 Å². The molecule has 1 N–H and O–H groups in total. The van der Waals surface area contributed by atoms with Crippen LogP contribution in [0.5, 0.6) is 0 Å². The van der Waals surface area contributed by atoms with Gasteiger partial charge in [0.25, 0.3) is 0 Å². The number of halogens is 1. The van der Waals surface area contributed by atoms with Gasteiger partial charge in [-0.3, -0.25) is 4.98 Å². The fraction of sp³-hybridized carbons (Fsp3) is 0.357. The predicted molar refractivity (Wildman–Crippen MR) is 81.2 cm³/mol. The molecule has 0 aromatic carbocycles. The van der Waals surface area contributed by atoms with Crippen molar-refractivity contribution < 1.29 is 0 Å². The normalized spacial score (nSPS) is 12.7. The van der Waals surface area contributed by atoms with Gasteiger partial charge in [0, 0.05) is 29.2 Å². The maximum atomic E-state index is 4.47. The van der Waals surface area contributed by atoms with Gasteiger partial charge in [0.2, 0.25) is 0 Å². The minimum atomic E-state index is 0.327. The SMILES string of the molecule is CNC(Cc1ncccc1C)c1cc(C)c(Br)s1. The lowest BCUT2D eigenvalue weighted by Gasteiger charge is -2.15. The number of nitrogens with zero attached hydrogens (tertiary/aromatic N) is 1. The molecule has 0 aliphatic carbocycles. The van der Waals surface area contributed by atoms with Crippen LogP contribution >= 0.6 is 27.3 Å². The third-order valence-corrected chi connectivity index (χ3v) is 5.33. The van der Waals surface area contributed by atoms with Gasteiger partial charge in [-0.1, -0.05) is 6.07 Å². The number of hydrogen-bond donors (Lipinski definition) is 1. The third-order valence-electron chi connectivity index (χ3n) is 3.08. The Bertz CT molecular complexity index is 517. The fourth-order valence-electron chi connectivity index (χ4n) is 1.93. The molecular formula is C14H17BrN2S.